The number of ether oxygens (including phenoxy) is 1. The van der Waals surface area contributed by atoms with E-state index in [1.165, 1.54) is 12.5 Å². The molecule has 9 heteroatoms. The lowest BCUT2D eigenvalue weighted by Crippen LogP contribution is -2.34. The largest absolute Gasteiger partial charge is 0.370 e. The van der Waals surface area contributed by atoms with Crippen LogP contribution in [0.1, 0.15) is 44.1 Å². The zero-order valence-electron chi connectivity index (χ0n) is 16.1. The van der Waals surface area contributed by atoms with Crippen LogP contribution in [-0.4, -0.2) is 37.3 Å². The quantitative estimate of drug-likeness (QED) is 0.562. The van der Waals surface area contributed by atoms with Gasteiger partial charge in [0.1, 0.15) is 6.61 Å². The van der Waals surface area contributed by atoms with Crippen LogP contribution < -0.4 is 10.6 Å². The number of amides is 2. The number of carbonyl (C=O) groups is 2. The van der Waals surface area contributed by atoms with Gasteiger partial charge >= 0.3 is 12.3 Å². The molecule has 1 fully saturated rings. The molecule has 1 aromatic carbocycles. The minimum absolute atomic E-state index is 0.158. The lowest BCUT2D eigenvalue weighted by molar-refractivity contribution is -0.168. The van der Waals surface area contributed by atoms with E-state index in [4.69, 9.17) is 0 Å². The van der Waals surface area contributed by atoms with Crippen molar-refractivity contribution in [2.75, 3.05) is 18.5 Å². The van der Waals surface area contributed by atoms with Crippen molar-refractivity contribution in [1.82, 2.24) is 5.32 Å². The monoisotopic (exact) mass is 418 g/mol. The topological polar surface area (TPSA) is 67.4 Å². The average molecular weight is 418 g/mol. The Morgan fingerprint density at radius 2 is 1.86 bits per heavy atom. The second kappa shape index (κ2) is 11.1. The van der Waals surface area contributed by atoms with Gasteiger partial charge in [0.15, 0.2) is 0 Å². The van der Waals surface area contributed by atoms with Crippen LogP contribution in [0.2, 0.25) is 0 Å². The van der Waals surface area contributed by atoms with Crippen molar-refractivity contribution < 1.29 is 31.9 Å². The standard InChI is InChI=1S/C20H26F4N2O3/c21-19(22)20(23,24)13-29-12-15-7-4-8-16(9-15)26-18(28)11-25-17(27)10-14-5-2-1-3-6-14/h4,7-9,14,19H,1-3,5-6,10-13H2,(H,25,27)(H,26,28). The van der Waals surface area contributed by atoms with Crippen molar-refractivity contribution >= 4 is 17.5 Å². The van der Waals surface area contributed by atoms with E-state index in [1.54, 1.807) is 18.2 Å². The highest BCUT2D eigenvalue weighted by Gasteiger charge is 2.40. The van der Waals surface area contributed by atoms with Crippen LogP contribution >= 0.6 is 0 Å². The Bertz CT molecular complexity index is 679. The number of alkyl halides is 4. The summed E-state index contributed by atoms with van der Waals surface area (Å²) in [6.45, 7) is -1.87. The molecule has 162 valence electrons. The van der Waals surface area contributed by atoms with Crippen molar-refractivity contribution in [3.8, 4) is 0 Å². The number of rotatable bonds is 10. The maximum Gasteiger partial charge on any atom is 0.330 e. The molecule has 1 aromatic rings. The summed E-state index contributed by atoms with van der Waals surface area (Å²) in [5.41, 5.74) is 0.826. The van der Waals surface area contributed by atoms with E-state index >= 15 is 0 Å². The van der Waals surface area contributed by atoms with Crippen LogP contribution in [0.25, 0.3) is 0 Å². The molecule has 5 nitrogen and oxygen atoms in total. The maximum absolute atomic E-state index is 12.8. The van der Waals surface area contributed by atoms with Crippen molar-refractivity contribution in [2.45, 2.75) is 57.5 Å². The summed E-state index contributed by atoms with van der Waals surface area (Å²) in [5, 5.41) is 5.18. The zero-order valence-corrected chi connectivity index (χ0v) is 16.1. The maximum atomic E-state index is 12.8. The predicted molar refractivity (Wildman–Crippen MR) is 99.9 cm³/mol. The summed E-state index contributed by atoms with van der Waals surface area (Å²) in [4.78, 5) is 23.9. The minimum Gasteiger partial charge on any atom is -0.370 e. The molecule has 2 amide bonds. The van der Waals surface area contributed by atoms with Crippen LogP contribution in [0, 0.1) is 5.92 Å². The van der Waals surface area contributed by atoms with E-state index in [1.807, 2.05) is 0 Å². The third-order valence-corrected chi connectivity index (χ3v) is 4.74. The highest BCUT2D eigenvalue weighted by atomic mass is 19.3. The van der Waals surface area contributed by atoms with E-state index in [9.17, 15) is 27.2 Å². The third-order valence-electron chi connectivity index (χ3n) is 4.74. The smallest absolute Gasteiger partial charge is 0.330 e. The molecule has 0 heterocycles. The molecular weight excluding hydrogens is 392 g/mol. The lowest BCUT2D eigenvalue weighted by Gasteiger charge is -2.20. The highest BCUT2D eigenvalue weighted by molar-refractivity contribution is 5.94. The van der Waals surface area contributed by atoms with E-state index in [-0.39, 0.29) is 19.1 Å². The first kappa shape index (κ1) is 23.1. The summed E-state index contributed by atoms with van der Waals surface area (Å²) in [7, 11) is 0. The average Bonchev–Trinajstić information content (AvgIpc) is 2.67. The normalized spacial score (nSPS) is 15.3. The Morgan fingerprint density at radius 3 is 2.55 bits per heavy atom. The fraction of sp³-hybridized carbons (Fsp3) is 0.600. The molecule has 1 aliphatic carbocycles. The summed E-state index contributed by atoms with van der Waals surface area (Å²) in [6, 6.07) is 6.20. The van der Waals surface area contributed by atoms with E-state index in [0.29, 0.717) is 23.6 Å². The molecule has 0 unspecified atom stereocenters. The van der Waals surface area contributed by atoms with Crippen LogP contribution in [-0.2, 0) is 20.9 Å². The van der Waals surface area contributed by atoms with Gasteiger partial charge in [-0.05, 0) is 36.5 Å². The molecule has 0 atom stereocenters. The van der Waals surface area contributed by atoms with Crippen molar-refractivity contribution in [3.05, 3.63) is 29.8 Å². The second-order valence-electron chi connectivity index (χ2n) is 7.29. The van der Waals surface area contributed by atoms with Gasteiger partial charge < -0.3 is 15.4 Å². The first-order valence-corrected chi connectivity index (χ1v) is 9.65. The predicted octanol–water partition coefficient (Wildman–Crippen LogP) is 4.13. The molecule has 1 saturated carbocycles. The van der Waals surface area contributed by atoms with Gasteiger partial charge in [-0.2, -0.15) is 8.78 Å². The van der Waals surface area contributed by atoms with E-state index in [2.05, 4.69) is 15.4 Å². The number of carbonyl (C=O) groups excluding carboxylic acids is 2. The molecule has 0 radical (unpaired) electrons. The molecule has 2 N–H and O–H groups in total. The number of hydrogen-bond donors (Lipinski definition) is 2. The number of anilines is 1. The van der Waals surface area contributed by atoms with E-state index < -0.39 is 24.9 Å². The number of hydrogen-bond acceptors (Lipinski definition) is 3. The summed E-state index contributed by atoms with van der Waals surface area (Å²) < 4.78 is 54.5. The molecule has 1 aliphatic rings. The van der Waals surface area contributed by atoms with Gasteiger partial charge in [0.2, 0.25) is 11.8 Å². The number of benzene rings is 1. The van der Waals surface area contributed by atoms with Gasteiger partial charge in [-0.15, -0.1) is 0 Å². The second-order valence-corrected chi connectivity index (χ2v) is 7.29. The van der Waals surface area contributed by atoms with Crippen molar-refractivity contribution in [3.63, 3.8) is 0 Å². The highest BCUT2D eigenvalue weighted by Crippen LogP contribution is 2.26. The molecular formula is C20H26F4N2O3. The van der Waals surface area contributed by atoms with Gasteiger partial charge in [0.25, 0.3) is 0 Å². The molecule has 2 rings (SSSR count). The molecule has 0 saturated heterocycles. The van der Waals surface area contributed by atoms with Crippen LogP contribution in [0.5, 0.6) is 0 Å². The van der Waals surface area contributed by atoms with Crippen LogP contribution in [0.4, 0.5) is 23.2 Å². The van der Waals surface area contributed by atoms with Crippen LogP contribution in [0.15, 0.2) is 24.3 Å². The first-order chi connectivity index (χ1) is 13.8. The Morgan fingerprint density at radius 1 is 1.14 bits per heavy atom. The number of nitrogens with one attached hydrogen (secondary N) is 2. The first-order valence-electron chi connectivity index (χ1n) is 9.65. The van der Waals surface area contributed by atoms with Gasteiger partial charge in [-0.3, -0.25) is 9.59 Å². The van der Waals surface area contributed by atoms with Crippen molar-refractivity contribution in [2.24, 2.45) is 5.92 Å². The fourth-order valence-electron chi connectivity index (χ4n) is 3.22. The van der Waals surface area contributed by atoms with Crippen molar-refractivity contribution in [1.29, 1.82) is 0 Å². The lowest BCUT2D eigenvalue weighted by atomic mass is 9.87. The summed E-state index contributed by atoms with van der Waals surface area (Å²) in [5.74, 6) is -4.42. The summed E-state index contributed by atoms with van der Waals surface area (Å²) in [6.07, 6.45) is 2.19. The van der Waals surface area contributed by atoms with Gasteiger partial charge in [-0.25, -0.2) is 8.78 Å². The summed E-state index contributed by atoms with van der Waals surface area (Å²) >= 11 is 0. The van der Waals surface area contributed by atoms with Gasteiger partial charge in [0.05, 0.1) is 13.2 Å². The molecule has 0 spiro atoms. The number of halogens is 4. The van der Waals surface area contributed by atoms with Gasteiger partial charge in [-0.1, -0.05) is 31.4 Å². The molecule has 0 aromatic heterocycles. The fourth-order valence-corrected chi connectivity index (χ4v) is 3.22. The Kier molecular flexibility index (Phi) is 8.88. The van der Waals surface area contributed by atoms with Crippen LogP contribution in [0.3, 0.4) is 0 Å². The molecule has 29 heavy (non-hydrogen) atoms. The Hall–Kier alpha value is -2.16. The third kappa shape index (κ3) is 8.39. The minimum atomic E-state index is -4.21. The zero-order chi connectivity index (χ0) is 21.3. The van der Waals surface area contributed by atoms with E-state index in [0.717, 1.165) is 25.7 Å². The molecule has 0 aliphatic heterocycles. The Labute approximate surface area is 167 Å². The molecule has 0 bridgehead atoms. The SMILES string of the molecule is O=C(CC1CCCCC1)NCC(=O)Nc1cccc(COCC(F)(F)C(F)F)c1. The van der Waals surface area contributed by atoms with Gasteiger partial charge in [0, 0.05) is 12.1 Å². The Balaban J connectivity index is 1.72.